The van der Waals surface area contributed by atoms with Gasteiger partial charge in [0.05, 0.1) is 17.4 Å². The van der Waals surface area contributed by atoms with Crippen LogP contribution in [0.2, 0.25) is 0 Å². The van der Waals surface area contributed by atoms with E-state index in [1.54, 1.807) is 29.0 Å². The molecule has 0 N–H and O–H groups in total. The Bertz CT molecular complexity index is 842. The molecule has 0 radical (unpaired) electrons. The number of hydrogen-bond acceptors (Lipinski definition) is 2. The van der Waals surface area contributed by atoms with Gasteiger partial charge in [0, 0.05) is 23.4 Å². The number of aromatic nitrogens is 2. The molecule has 2 aromatic carbocycles. The van der Waals surface area contributed by atoms with Crippen LogP contribution in [-0.2, 0) is 0 Å². The van der Waals surface area contributed by atoms with Gasteiger partial charge in [-0.2, -0.15) is 5.10 Å². The van der Waals surface area contributed by atoms with Gasteiger partial charge >= 0.3 is 0 Å². The third-order valence-electron chi connectivity index (χ3n) is 3.68. The van der Waals surface area contributed by atoms with Crippen LogP contribution in [0.3, 0.4) is 0 Å². The van der Waals surface area contributed by atoms with Crippen molar-refractivity contribution in [2.75, 3.05) is 11.9 Å². The van der Waals surface area contributed by atoms with Crippen LogP contribution in [-0.4, -0.2) is 22.7 Å². The van der Waals surface area contributed by atoms with Crippen molar-refractivity contribution in [2.45, 2.75) is 6.92 Å². The van der Waals surface area contributed by atoms with Crippen molar-refractivity contribution in [1.29, 1.82) is 0 Å². The first-order valence-electron chi connectivity index (χ1n) is 7.20. The first kappa shape index (κ1) is 15.5. The molecule has 1 heterocycles. The van der Waals surface area contributed by atoms with E-state index < -0.39 is 0 Å². The Morgan fingerprint density at radius 1 is 1.17 bits per heavy atom. The van der Waals surface area contributed by atoms with E-state index in [-0.39, 0.29) is 5.91 Å². The molecule has 1 aromatic heterocycles. The smallest absolute Gasteiger partial charge is 0.261 e. The summed E-state index contributed by atoms with van der Waals surface area (Å²) in [5.41, 5.74) is 3.39. The molecule has 3 rings (SSSR count). The summed E-state index contributed by atoms with van der Waals surface area (Å²) in [6, 6.07) is 15.6. The van der Waals surface area contributed by atoms with Crippen molar-refractivity contribution >= 4 is 27.5 Å². The van der Waals surface area contributed by atoms with Gasteiger partial charge in [0.25, 0.3) is 5.91 Å². The highest BCUT2D eigenvalue weighted by Crippen LogP contribution is 2.24. The predicted molar refractivity (Wildman–Crippen MR) is 95.2 cm³/mol. The number of halogens is 1. The van der Waals surface area contributed by atoms with Crippen LogP contribution >= 0.6 is 15.9 Å². The third kappa shape index (κ3) is 3.19. The fourth-order valence-corrected chi connectivity index (χ4v) is 2.93. The van der Waals surface area contributed by atoms with Gasteiger partial charge in [-0.3, -0.25) is 4.79 Å². The molecule has 0 saturated heterocycles. The molecule has 1 amide bonds. The molecule has 0 atom stereocenters. The highest BCUT2D eigenvalue weighted by atomic mass is 79.9. The Labute approximate surface area is 143 Å². The summed E-state index contributed by atoms with van der Waals surface area (Å²) >= 11 is 3.44. The molecule has 0 saturated carbocycles. The van der Waals surface area contributed by atoms with Crippen molar-refractivity contribution in [2.24, 2.45) is 0 Å². The highest BCUT2D eigenvalue weighted by molar-refractivity contribution is 9.10. The average molecular weight is 370 g/mol. The maximum Gasteiger partial charge on any atom is 0.261 e. The summed E-state index contributed by atoms with van der Waals surface area (Å²) < 4.78 is 2.70. The molecule has 0 aliphatic rings. The first-order valence-corrected chi connectivity index (χ1v) is 8.00. The summed E-state index contributed by atoms with van der Waals surface area (Å²) in [6.07, 6.45) is 3.35. The van der Waals surface area contributed by atoms with E-state index in [2.05, 4.69) is 21.0 Å². The molecular formula is C18H16BrN3O. The lowest BCUT2D eigenvalue weighted by atomic mass is 10.1. The Kier molecular flexibility index (Phi) is 4.30. The van der Waals surface area contributed by atoms with Crippen LogP contribution in [0.1, 0.15) is 15.9 Å². The van der Waals surface area contributed by atoms with E-state index in [0.717, 1.165) is 21.4 Å². The lowest BCUT2D eigenvalue weighted by Crippen LogP contribution is -2.26. The van der Waals surface area contributed by atoms with Gasteiger partial charge < -0.3 is 4.90 Å². The number of carbonyl (C=O) groups excluding carboxylic acids is 1. The van der Waals surface area contributed by atoms with Crippen molar-refractivity contribution < 1.29 is 4.79 Å². The van der Waals surface area contributed by atoms with Gasteiger partial charge in [0.1, 0.15) is 0 Å². The van der Waals surface area contributed by atoms with E-state index in [1.165, 1.54) is 0 Å². The second kappa shape index (κ2) is 6.38. The molecule has 4 nitrogen and oxygen atoms in total. The van der Waals surface area contributed by atoms with E-state index >= 15 is 0 Å². The molecule has 5 heteroatoms. The summed E-state index contributed by atoms with van der Waals surface area (Å²) in [5, 5.41) is 4.28. The Morgan fingerprint density at radius 3 is 2.61 bits per heavy atom. The maximum atomic E-state index is 12.7. The molecule has 0 unspecified atom stereocenters. The van der Waals surface area contributed by atoms with Crippen LogP contribution in [0.15, 0.2) is 65.4 Å². The summed E-state index contributed by atoms with van der Waals surface area (Å²) in [4.78, 5) is 14.3. The van der Waals surface area contributed by atoms with Crippen molar-refractivity contribution in [3.63, 3.8) is 0 Å². The fraction of sp³-hybridized carbons (Fsp3) is 0.111. The van der Waals surface area contributed by atoms with Crippen LogP contribution in [0.5, 0.6) is 0 Å². The highest BCUT2D eigenvalue weighted by Gasteiger charge is 2.17. The van der Waals surface area contributed by atoms with Crippen molar-refractivity contribution in [1.82, 2.24) is 9.78 Å². The van der Waals surface area contributed by atoms with Crippen LogP contribution < -0.4 is 4.90 Å². The number of amides is 1. The zero-order valence-corrected chi connectivity index (χ0v) is 14.5. The zero-order chi connectivity index (χ0) is 16.4. The number of aryl methyl sites for hydroxylation is 1. The largest absolute Gasteiger partial charge is 0.311 e. The first-order chi connectivity index (χ1) is 11.1. The summed E-state index contributed by atoms with van der Waals surface area (Å²) in [6.45, 7) is 1.98. The van der Waals surface area contributed by atoms with E-state index in [9.17, 15) is 4.79 Å². The van der Waals surface area contributed by atoms with Gasteiger partial charge in [-0.15, -0.1) is 0 Å². The average Bonchev–Trinajstić information content (AvgIpc) is 3.04. The van der Waals surface area contributed by atoms with Gasteiger partial charge in [0.2, 0.25) is 0 Å². The molecule has 3 aromatic rings. The van der Waals surface area contributed by atoms with Crippen molar-refractivity contribution in [3.05, 3.63) is 76.5 Å². The Hall–Kier alpha value is -2.40. The zero-order valence-electron chi connectivity index (χ0n) is 12.9. The molecule has 116 valence electrons. The standard InChI is InChI=1S/C18H16BrN3O/c1-13-10-15(19)8-9-17(13)21(2)18(23)14-11-20-22(12-14)16-6-4-3-5-7-16/h3-12H,1-2H3. The minimum atomic E-state index is -0.0856. The van der Waals surface area contributed by atoms with Gasteiger partial charge in [-0.25, -0.2) is 4.68 Å². The monoisotopic (exact) mass is 369 g/mol. The van der Waals surface area contributed by atoms with Crippen LogP contribution in [0, 0.1) is 6.92 Å². The van der Waals surface area contributed by atoms with Gasteiger partial charge in [-0.1, -0.05) is 34.1 Å². The summed E-state index contributed by atoms with van der Waals surface area (Å²) in [7, 11) is 1.78. The summed E-state index contributed by atoms with van der Waals surface area (Å²) in [5.74, 6) is -0.0856. The number of nitrogens with zero attached hydrogens (tertiary/aromatic N) is 3. The number of anilines is 1. The molecule has 23 heavy (non-hydrogen) atoms. The lowest BCUT2D eigenvalue weighted by Gasteiger charge is -2.19. The number of rotatable bonds is 3. The minimum absolute atomic E-state index is 0.0856. The SMILES string of the molecule is Cc1cc(Br)ccc1N(C)C(=O)c1cnn(-c2ccccc2)c1. The fourth-order valence-electron chi connectivity index (χ4n) is 2.45. The van der Waals surface area contributed by atoms with E-state index in [4.69, 9.17) is 0 Å². The number of hydrogen-bond donors (Lipinski definition) is 0. The Morgan fingerprint density at radius 2 is 1.91 bits per heavy atom. The van der Waals surface area contributed by atoms with Gasteiger partial charge in [0.15, 0.2) is 0 Å². The Balaban J connectivity index is 1.87. The molecule has 0 bridgehead atoms. The molecule has 0 fully saturated rings. The molecular weight excluding hydrogens is 354 g/mol. The second-order valence-corrected chi connectivity index (χ2v) is 6.22. The second-order valence-electron chi connectivity index (χ2n) is 5.30. The van der Waals surface area contributed by atoms with E-state index in [1.807, 2.05) is 55.5 Å². The lowest BCUT2D eigenvalue weighted by molar-refractivity contribution is 0.0993. The van der Waals surface area contributed by atoms with Crippen molar-refractivity contribution in [3.8, 4) is 5.69 Å². The maximum absolute atomic E-state index is 12.7. The van der Waals surface area contributed by atoms with E-state index in [0.29, 0.717) is 5.56 Å². The number of benzene rings is 2. The predicted octanol–water partition coefficient (Wildman–Crippen LogP) is 4.22. The third-order valence-corrected chi connectivity index (χ3v) is 4.17. The van der Waals surface area contributed by atoms with Crippen LogP contribution in [0.4, 0.5) is 5.69 Å². The number of carbonyl (C=O) groups is 1. The normalized spacial score (nSPS) is 10.6. The minimum Gasteiger partial charge on any atom is -0.311 e. The number of para-hydroxylation sites is 1. The van der Waals surface area contributed by atoms with Crippen LogP contribution in [0.25, 0.3) is 5.69 Å². The quantitative estimate of drug-likeness (QED) is 0.693. The van der Waals surface area contributed by atoms with Gasteiger partial charge in [-0.05, 0) is 42.8 Å². The molecule has 0 aliphatic heterocycles. The molecule has 0 aliphatic carbocycles. The molecule has 0 spiro atoms. The topological polar surface area (TPSA) is 38.1 Å².